The molecule has 0 unspecified atom stereocenters. The van der Waals surface area contributed by atoms with Gasteiger partial charge in [0.05, 0.1) is 29.5 Å². The summed E-state index contributed by atoms with van der Waals surface area (Å²) in [6.07, 6.45) is 9.21. The lowest BCUT2D eigenvalue weighted by atomic mass is 10.1. The maximum atomic E-state index is 13.1. The molecular formula is C28H31N11O. The minimum atomic E-state index is -0.00703. The first-order chi connectivity index (χ1) is 19.6. The highest BCUT2D eigenvalue weighted by Crippen LogP contribution is 2.30. The fourth-order valence-electron chi connectivity index (χ4n) is 5.43. The first-order valence-electron chi connectivity index (χ1n) is 13.7. The molecule has 3 N–H and O–H groups in total. The van der Waals surface area contributed by atoms with E-state index < -0.39 is 0 Å². The van der Waals surface area contributed by atoms with E-state index in [1.165, 1.54) is 0 Å². The summed E-state index contributed by atoms with van der Waals surface area (Å²) in [5.74, 6) is 0.530. The predicted molar refractivity (Wildman–Crippen MR) is 153 cm³/mol. The molecule has 2 aliphatic heterocycles. The Morgan fingerprint density at radius 2 is 1.80 bits per heavy atom. The molecule has 0 spiro atoms. The number of rotatable bonds is 6. The van der Waals surface area contributed by atoms with Gasteiger partial charge >= 0.3 is 0 Å². The molecule has 0 aromatic carbocycles. The maximum Gasteiger partial charge on any atom is 0.256 e. The molecule has 12 heteroatoms. The lowest BCUT2D eigenvalue weighted by molar-refractivity contribution is 0.0794. The fourth-order valence-corrected chi connectivity index (χ4v) is 5.43. The van der Waals surface area contributed by atoms with Crippen LogP contribution in [-0.2, 0) is 0 Å². The molecule has 7 rings (SSSR count). The van der Waals surface area contributed by atoms with Crippen LogP contribution in [0.25, 0.3) is 44.8 Å². The summed E-state index contributed by atoms with van der Waals surface area (Å²) in [5, 5.41) is 11.9. The van der Waals surface area contributed by atoms with Crippen LogP contribution in [0, 0.1) is 0 Å². The van der Waals surface area contributed by atoms with Gasteiger partial charge < -0.3 is 20.1 Å². The number of pyridine rings is 3. The number of carbonyl (C=O) groups is 1. The van der Waals surface area contributed by atoms with Crippen LogP contribution in [0.15, 0.2) is 43.0 Å². The van der Waals surface area contributed by atoms with E-state index in [9.17, 15) is 4.79 Å². The van der Waals surface area contributed by atoms with Gasteiger partial charge in [0.1, 0.15) is 11.2 Å². The van der Waals surface area contributed by atoms with Gasteiger partial charge in [0.15, 0.2) is 17.1 Å². The zero-order valence-electron chi connectivity index (χ0n) is 22.4. The van der Waals surface area contributed by atoms with Gasteiger partial charge in [0, 0.05) is 69.0 Å². The van der Waals surface area contributed by atoms with E-state index >= 15 is 0 Å². The molecule has 0 bridgehead atoms. The summed E-state index contributed by atoms with van der Waals surface area (Å²) in [4.78, 5) is 41.3. The SMILES string of the molecule is CN1CCN(CNc2cncc(-c3cnc4[nH]nc(-c5nc6c(C(=O)N7CCCC7)ccnc6[nH]5)c4c3)c2)CC1. The van der Waals surface area contributed by atoms with Gasteiger partial charge in [-0.15, -0.1) is 0 Å². The Morgan fingerprint density at radius 1 is 0.975 bits per heavy atom. The van der Waals surface area contributed by atoms with Crippen LogP contribution < -0.4 is 5.32 Å². The lowest BCUT2D eigenvalue weighted by Gasteiger charge is -2.32. The van der Waals surface area contributed by atoms with Crippen LogP contribution in [0.3, 0.4) is 0 Å². The van der Waals surface area contributed by atoms with E-state index in [1.54, 1.807) is 12.3 Å². The van der Waals surface area contributed by atoms with Crippen molar-refractivity contribution in [2.75, 3.05) is 58.3 Å². The molecule has 0 saturated carbocycles. The Morgan fingerprint density at radius 3 is 2.65 bits per heavy atom. The second-order valence-electron chi connectivity index (χ2n) is 10.6. The third-order valence-corrected chi connectivity index (χ3v) is 7.82. The summed E-state index contributed by atoms with van der Waals surface area (Å²) >= 11 is 0. The molecular weight excluding hydrogens is 506 g/mol. The predicted octanol–water partition coefficient (Wildman–Crippen LogP) is 2.81. The van der Waals surface area contributed by atoms with Gasteiger partial charge in [-0.25, -0.2) is 15.0 Å². The summed E-state index contributed by atoms with van der Waals surface area (Å²) in [7, 11) is 2.16. The molecule has 204 valence electrons. The second-order valence-corrected chi connectivity index (χ2v) is 10.6. The van der Waals surface area contributed by atoms with Gasteiger partial charge in [-0.05, 0) is 38.1 Å². The molecule has 5 aromatic rings. The van der Waals surface area contributed by atoms with Crippen molar-refractivity contribution in [3.05, 3.63) is 48.5 Å². The third-order valence-electron chi connectivity index (χ3n) is 7.82. The van der Waals surface area contributed by atoms with Crippen molar-refractivity contribution in [3.8, 4) is 22.6 Å². The monoisotopic (exact) mass is 537 g/mol. The van der Waals surface area contributed by atoms with Crippen molar-refractivity contribution >= 4 is 33.8 Å². The number of H-pyrrole nitrogens is 2. The first kappa shape index (κ1) is 24.6. The van der Waals surface area contributed by atoms with Crippen LogP contribution in [0.4, 0.5) is 5.69 Å². The highest BCUT2D eigenvalue weighted by Gasteiger charge is 2.24. The minimum Gasteiger partial charge on any atom is -0.371 e. The van der Waals surface area contributed by atoms with Crippen molar-refractivity contribution in [1.82, 2.24) is 49.8 Å². The zero-order chi connectivity index (χ0) is 27.1. The van der Waals surface area contributed by atoms with Crippen LogP contribution in [-0.4, -0.2) is 109 Å². The number of fused-ring (bicyclic) bond motifs is 2. The van der Waals surface area contributed by atoms with Crippen LogP contribution in [0.2, 0.25) is 0 Å². The molecule has 12 nitrogen and oxygen atoms in total. The standard InChI is InChI=1S/C28H31N11O/c1-37-8-10-38(11-9-37)17-32-20-12-18(14-29-16-20)19-13-22-24(35-36-25(22)31-15-19)27-33-23-21(4-5-30-26(23)34-27)28(40)39-6-2-3-7-39/h4-5,12-16,32H,2-3,6-11,17H2,1H3,(H,30,33,34)(H,31,35,36). The molecule has 1 amide bonds. The number of carbonyl (C=O) groups excluding carboxylic acids is 1. The number of anilines is 1. The molecule has 0 aliphatic carbocycles. The van der Waals surface area contributed by atoms with Gasteiger partial charge in [0.2, 0.25) is 0 Å². The van der Waals surface area contributed by atoms with Gasteiger partial charge in [-0.1, -0.05) is 0 Å². The van der Waals surface area contributed by atoms with Crippen LogP contribution in [0.1, 0.15) is 23.2 Å². The number of nitrogens with zero attached hydrogens (tertiary/aromatic N) is 8. The summed E-state index contributed by atoms with van der Waals surface area (Å²) in [6.45, 7) is 6.59. The number of imidazole rings is 1. The van der Waals surface area contributed by atoms with E-state index in [0.29, 0.717) is 33.9 Å². The summed E-state index contributed by atoms with van der Waals surface area (Å²) in [6, 6.07) is 5.88. The van der Waals surface area contributed by atoms with Crippen molar-refractivity contribution < 1.29 is 4.79 Å². The number of nitrogens with one attached hydrogen (secondary N) is 3. The van der Waals surface area contributed by atoms with Crippen molar-refractivity contribution in [3.63, 3.8) is 0 Å². The quantitative estimate of drug-likeness (QED) is 0.299. The van der Waals surface area contributed by atoms with Crippen molar-refractivity contribution in [2.45, 2.75) is 12.8 Å². The van der Waals surface area contributed by atoms with E-state index in [1.807, 2.05) is 29.6 Å². The Bertz CT molecular complexity index is 1680. The highest BCUT2D eigenvalue weighted by atomic mass is 16.2. The second kappa shape index (κ2) is 10.3. The smallest absolute Gasteiger partial charge is 0.256 e. The van der Waals surface area contributed by atoms with Crippen molar-refractivity contribution in [1.29, 1.82) is 0 Å². The van der Waals surface area contributed by atoms with Crippen LogP contribution in [0.5, 0.6) is 0 Å². The number of piperazine rings is 1. The number of hydrogen-bond acceptors (Lipinski definition) is 9. The van der Waals surface area contributed by atoms with E-state index in [0.717, 1.165) is 81.0 Å². The number of likely N-dealkylation sites (tertiary alicyclic amines) is 1. The largest absolute Gasteiger partial charge is 0.371 e. The summed E-state index contributed by atoms with van der Waals surface area (Å²) < 4.78 is 0. The van der Waals surface area contributed by atoms with Crippen molar-refractivity contribution in [2.24, 2.45) is 0 Å². The van der Waals surface area contributed by atoms with Crippen LogP contribution >= 0.6 is 0 Å². The first-order valence-corrected chi connectivity index (χ1v) is 13.7. The molecule has 2 fully saturated rings. The number of likely N-dealkylation sites (N-methyl/N-ethyl adjacent to an activating group) is 1. The zero-order valence-corrected chi connectivity index (χ0v) is 22.4. The molecule has 2 saturated heterocycles. The van der Waals surface area contributed by atoms with E-state index in [4.69, 9.17) is 4.98 Å². The Balaban J connectivity index is 1.17. The molecule has 40 heavy (non-hydrogen) atoms. The molecule has 7 heterocycles. The molecule has 0 radical (unpaired) electrons. The molecule has 0 atom stereocenters. The Hall–Kier alpha value is -4.42. The maximum absolute atomic E-state index is 13.1. The van der Waals surface area contributed by atoms with E-state index in [-0.39, 0.29) is 5.91 Å². The third kappa shape index (κ3) is 4.65. The molecule has 5 aromatic heterocycles. The summed E-state index contributed by atoms with van der Waals surface area (Å²) in [5.41, 5.74) is 5.78. The van der Waals surface area contributed by atoms with Gasteiger partial charge in [-0.3, -0.25) is 19.8 Å². The van der Waals surface area contributed by atoms with Gasteiger partial charge in [0.25, 0.3) is 5.91 Å². The number of hydrogen-bond donors (Lipinski definition) is 3. The Kier molecular flexibility index (Phi) is 6.33. The average Bonchev–Trinajstić information content (AvgIpc) is 3.76. The number of amides is 1. The number of aromatic nitrogens is 7. The minimum absolute atomic E-state index is 0.00703. The van der Waals surface area contributed by atoms with Gasteiger partial charge in [-0.2, -0.15) is 5.10 Å². The Labute approximate surface area is 230 Å². The van der Waals surface area contributed by atoms with E-state index in [2.05, 4.69) is 58.4 Å². The molecule has 2 aliphatic rings. The normalized spacial score (nSPS) is 16.8. The average molecular weight is 538 g/mol. The lowest BCUT2D eigenvalue weighted by Crippen LogP contribution is -2.46. The highest BCUT2D eigenvalue weighted by molar-refractivity contribution is 6.05. The topological polar surface area (TPSA) is 135 Å². The number of aromatic amines is 2. The fraction of sp³-hybridized carbons (Fsp3) is 0.357.